The predicted molar refractivity (Wildman–Crippen MR) is 73.4 cm³/mol. The lowest BCUT2D eigenvalue weighted by atomic mass is 9.92. The van der Waals surface area contributed by atoms with Crippen molar-refractivity contribution in [3.8, 4) is 0 Å². The zero-order valence-electron chi connectivity index (χ0n) is 12.2. The quantitative estimate of drug-likeness (QED) is 0.784. The molecule has 0 aliphatic carbocycles. The number of carbonyl (C=O) groups excluding carboxylic acids is 1. The fourth-order valence-electron chi connectivity index (χ4n) is 3.12. The maximum absolute atomic E-state index is 12.0. The molecule has 0 radical (unpaired) electrons. The Morgan fingerprint density at radius 3 is 2.95 bits per heavy atom. The van der Waals surface area contributed by atoms with E-state index in [0.717, 1.165) is 19.4 Å². The highest BCUT2D eigenvalue weighted by Gasteiger charge is 2.38. The van der Waals surface area contributed by atoms with Crippen LogP contribution in [0.1, 0.15) is 33.1 Å². The van der Waals surface area contributed by atoms with Gasteiger partial charge in [0, 0.05) is 25.7 Å². The molecule has 0 bridgehead atoms. The molecule has 6 nitrogen and oxygen atoms in total. The number of piperazine rings is 1. The van der Waals surface area contributed by atoms with E-state index < -0.39 is 12.0 Å². The number of carboxylic acids is 1. The van der Waals surface area contributed by atoms with Gasteiger partial charge in [0.15, 0.2) is 0 Å². The highest BCUT2D eigenvalue weighted by molar-refractivity contribution is 5.86. The summed E-state index contributed by atoms with van der Waals surface area (Å²) in [6.45, 7) is 6.26. The Labute approximate surface area is 119 Å². The summed E-state index contributed by atoms with van der Waals surface area (Å²) in [5.74, 6) is -0.648. The number of nitrogens with zero attached hydrogens (tertiary/aromatic N) is 1. The van der Waals surface area contributed by atoms with Crippen LogP contribution in [0.4, 0.5) is 0 Å². The van der Waals surface area contributed by atoms with Crippen molar-refractivity contribution in [1.29, 1.82) is 0 Å². The number of amides is 1. The molecule has 2 saturated heterocycles. The number of hydrogen-bond donors (Lipinski definition) is 2. The average molecular weight is 284 g/mol. The maximum atomic E-state index is 12.0. The van der Waals surface area contributed by atoms with Gasteiger partial charge in [-0.3, -0.25) is 14.5 Å². The summed E-state index contributed by atoms with van der Waals surface area (Å²) in [4.78, 5) is 25.0. The summed E-state index contributed by atoms with van der Waals surface area (Å²) in [5, 5.41) is 11.8. The first-order valence-corrected chi connectivity index (χ1v) is 7.36. The molecule has 2 aliphatic rings. The molecule has 2 heterocycles. The molecule has 1 amide bonds. The van der Waals surface area contributed by atoms with Gasteiger partial charge in [-0.2, -0.15) is 0 Å². The minimum Gasteiger partial charge on any atom is -0.481 e. The molecule has 2 N–H and O–H groups in total. The zero-order chi connectivity index (χ0) is 14.7. The van der Waals surface area contributed by atoms with Crippen LogP contribution in [0.15, 0.2) is 0 Å². The number of nitrogens with one attached hydrogen (secondary N) is 1. The Morgan fingerprint density at radius 1 is 1.55 bits per heavy atom. The molecule has 20 heavy (non-hydrogen) atoms. The van der Waals surface area contributed by atoms with E-state index in [0.29, 0.717) is 19.1 Å². The van der Waals surface area contributed by atoms with E-state index in [4.69, 9.17) is 9.84 Å². The van der Waals surface area contributed by atoms with E-state index in [1.54, 1.807) is 0 Å². The number of rotatable bonds is 4. The molecule has 2 aliphatic heterocycles. The van der Waals surface area contributed by atoms with E-state index in [-0.39, 0.29) is 24.5 Å². The van der Waals surface area contributed by atoms with Crippen molar-refractivity contribution in [1.82, 2.24) is 10.2 Å². The minimum atomic E-state index is -0.926. The monoisotopic (exact) mass is 284 g/mol. The topological polar surface area (TPSA) is 78.9 Å². The third-order valence-corrected chi connectivity index (χ3v) is 4.24. The summed E-state index contributed by atoms with van der Waals surface area (Å²) < 4.78 is 5.76. The lowest BCUT2D eigenvalue weighted by Crippen LogP contribution is -2.60. The van der Waals surface area contributed by atoms with Crippen LogP contribution in [0.3, 0.4) is 0 Å². The van der Waals surface area contributed by atoms with Crippen LogP contribution in [0.2, 0.25) is 0 Å². The van der Waals surface area contributed by atoms with Gasteiger partial charge in [-0.15, -0.1) is 0 Å². The van der Waals surface area contributed by atoms with Gasteiger partial charge in [-0.05, 0) is 18.8 Å². The highest BCUT2D eigenvalue weighted by atomic mass is 16.5. The van der Waals surface area contributed by atoms with Crippen molar-refractivity contribution in [3.05, 3.63) is 0 Å². The van der Waals surface area contributed by atoms with Crippen LogP contribution in [0, 0.1) is 5.92 Å². The first-order chi connectivity index (χ1) is 9.49. The molecule has 3 atom stereocenters. The number of aliphatic carboxylic acids is 1. The van der Waals surface area contributed by atoms with Gasteiger partial charge < -0.3 is 15.2 Å². The summed E-state index contributed by atoms with van der Waals surface area (Å²) in [6.07, 6.45) is 1.81. The predicted octanol–water partition coefficient (Wildman–Crippen LogP) is 0.465. The molecule has 6 heteroatoms. The van der Waals surface area contributed by atoms with Gasteiger partial charge >= 0.3 is 5.97 Å². The van der Waals surface area contributed by atoms with Crippen molar-refractivity contribution in [2.45, 2.75) is 51.3 Å². The van der Waals surface area contributed by atoms with E-state index in [2.05, 4.69) is 24.1 Å². The molecule has 2 rings (SSSR count). The molecular weight excluding hydrogens is 260 g/mol. The molecule has 2 fully saturated rings. The molecule has 0 aromatic heterocycles. The van der Waals surface area contributed by atoms with Crippen LogP contribution in [0.25, 0.3) is 0 Å². The Kier molecular flexibility index (Phi) is 4.99. The third-order valence-electron chi connectivity index (χ3n) is 4.24. The minimum absolute atomic E-state index is 0.129. The molecule has 114 valence electrons. The fraction of sp³-hybridized carbons (Fsp3) is 0.857. The Bertz CT molecular complexity index is 372. The van der Waals surface area contributed by atoms with Gasteiger partial charge in [-0.1, -0.05) is 13.8 Å². The number of carbonyl (C=O) groups is 2. The fourth-order valence-corrected chi connectivity index (χ4v) is 3.12. The van der Waals surface area contributed by atoms with Crippen molar-refractivity contribution in [2.75, 3.05) is 19.7 Å². The lowest BCUT2D eigenvalue weighted by Gasteiger charge is -2.43. The SMILES string of the molecule is CC(C)C1CC(N2CCNC(=O)C2CC(=O)O)CCO1. The van der Waals surface area contributed by atoms with Crippen LogP contribution in [-0.2, 0) is 14.3 Å². The van der Waals surface area contributed by atoms with Gasteiger partial charge in [0.05, 0.1) is 18.6 Å². The molecule has 0 spiro atoms. The second-order valence-corrected chi connectivity index (χ2v) is 5.97. The first-order valence-electron chi connectivity index (χ1n) is 7.36. The average Bonchev–Trinajstić information content (AvgIpc) is 2.41. The third kappa shape index (κ3) is 3.49. The normalized spacial score (nSPS) is 32.1. The second-order valence-electron chi connectivity index (χ2n) is 5.97. The van der Waals surface area contributed by atoms with Gasteiger partial charge in [0.2, 0.25) is 5.91 Å². The standard InChI is InChI=1S/C14H24N2O4/c1-9(2)12-7-10(3-6-20-12)16-5-4-15-14(19)11(16)8-13(17)18/h9-12H,3-8H2,1-2H3,(H,15,19)(H,17,18). The van der Waals surface area contributed by atoms with Crippen molar-refractivity contribution in [2.24, 2.45) is 5.92 Å². The number of carboxylic acid groups (broad SMARTS) is 1. The largest absolute Gasteiger partial charge is 0.481 e. The summed E-state index contributed by atoms with van der Waals surface area (Å²) >= 11 is 0. The smallest absolute Gasteiger partial charge is 0.305 e. The number of ether oxygens (including phenoxy) is 1. The molecule has 0 aromatic rings. The van der Waals surface area contributed by atoms with Gasteiger partial charge in [-0.25, -0.2) is 0 Å². The summed E-state index contributed by atoms with van der Waals surface area (Å²) in [7, 11) is 0. The second kappa shape index (κ2) is 6.54. The Hall–Kier alpha value is -1.14. The van der Waals surface area contributed by atoms with E-state index in [1.165, 1.54) is 0 Å². The van der Waals surface area contributed by atoms with Gasteiger partial charge in [0.1, 0.15) is 0 Å². The first kappa shape index (κ1) is 15.3. The van der Waals surface area contributed by atoms with Crippen LogP contribution >= 0.6 is 0 Å². The van der Waals surface area contributed by atoms with E-state index in [9.17, 15) is 9.59 Å². The van der Waals surface area contributed by atoms with E-state index >= 15 is 0 Å². The van der Waals surface area contributed by atoms with Crippen LogP contribution < -0.4 is 5.32 Å². The van der Waals surface area contributed by atoms with Crippen molar-refractivity contribution >= 4 is 11.9 Å². The van der Waals surface area contributed by atoms with Crippen molar-refractivity contribution in [3.63, 3.8) is 0 Å². The molecule has 0 aromatic carbocycles. The van der Waals surface area contributed by atoms with Crippen molar-refractivity contribution < 1.29 is 19.4 Å². The molecule has 0 saturated carbocycles. The summed E-state index contributed by atoms with van der Waals surface area (Å²) in [5.41, 5.74) is 0. The Balaban J connectivity index is 2.07. The highest BCUT2D eigenvalue weighted by Crippen LogP contribution is 2.26. The van der Waals surface area contributed by atoms with E-state index in [1.807, 2.05) is 0 Å². The molecular formula is C14H24N2O4. The Morgan fingerprint density at radius 2 is 2.30 bits per heavy atom. The summed E-state index contributed by atoms with van der Waals surface area (Å²) in [6, 6.07) is -0.302. The van der Waals surface area contributed by atoms with Crippen LogP contribution in [-0.4, -0.2) is 59.8 Å². The van der Waals surface area contributed by atoms with Gasteiger partial charge in [0.25, 0.3) is 0 Å². The molecule has 3 unspecified atom stereocenters. The zero-order valence-corrected chi connectivity index (χ0v) is 12.2. The maximum Gasteiger partial charge on any atom is 0.305 e. The number of hydrogen-bond acceptors (Lipinski definition) is 4. The lowest BCUT2D eigenvalue weighted by molar-refractivity contribution is -0.145. The van der Waals surface area contributed by atoms with Crippen LogP contribution in [0.5, 0.6) is 0 Å².